The Bertz CT molecular complexity index is 896. The van der Waals surface area contributed by atoms with Crippen LogP contribution < -0.4 is 5.32 Å². The molecule has 3 fully saturated rings. The maximum Gasteiger partial charge on any atom is 0.246 e. The number of fused-ring (bicyclic) bond motifs is 5. The Morgan fingerprint density at radius 3 is 2.61 bits per heavy atom. The van der Waals surface area contributed by atoms with Gasteiger partial charge in [-0.2, -0.15) is 0 Å². The van der Waals surface area contributed by atoms with E-state index in [1.807, 2.05) is 48.4 Å². The van der Waals surface area contributed by atoms with Crippen LogP contribution in [0.5, 0.6) is 0 Å². The molecule has 166 valence electrons. The van der Waals surface area contributed by atoms with Crippen molar-refractivity contribution >= 4 is 11.8 Å². The highest BCUT2D eigenvalue weighted by molar-refractivity contribution is 5.89. The van der Waals surface area contributed by atoms with Gasteiger partial charge in [-0.05, 0) is 73.3 Å². The van der Waals surface area contributed by atoms with Crippen molar-refractivity contribution in [2.45, 2.75) is 70.9 Å². The van der Waals surface area contributed by atoms with Gasteiger partial charge < -0.3 is 10.2 Å². The average Bonchev–Trinajstić information content (AvgIpc) is 3.08. The van der Waals surface area contributed by atoms with Crippen molar-refractivity contribution in [2.75, 3.05) is 7.05 Å². The van der Waals surface area contributed by atoms with Crippen LogP contribution in [0.1, 0.15) is 57.9 Å². The molecule has 1 N–H and O–H groups in total. The number of nitrogens with zero attached hydrogens (tertiary/aromatic N) is 1. The van der Waals surface area contributed by atoms with E-state index in [2.05, 4.69) is 25.2 Å². The van der Waals surface area contributed by atoms with Crippen molar-refractivity contribution < 1.29 is 9.59 Å². The summed E-state index contributed by atoms with van der Waals surface area (Å²) in [6, 6.07) is 10.7. The van der Waals surface area contributed by atoms with Gasteiger partial charge in [-0.1, -0.05) is 50.3 Å². The molecule has 7 atom stereocenters. The molecule has 0 bridgehead atoms. The predicted molar refractivity (Wildman–Crippen MR) is 122 cm³/mol. The van der Waals surface area contributed by atoms with Crippen LogP contribution in [-0.4, -0.2) is 35.8 Å². The van der Waals surface area contributed by atoms with Gasteiger partial charge in [0.1, 0.15) is 0 Å². The average molecular weight is 421 g/mol. The summed E-state index contributed by atoms with van der Waals surface area (Å²) in [6.07, 6.45) is 11.5. The maximum absolute atomic E-state index is 12.8. The van der Waals surface area contributed by atoms with E-state index in [0.717, 1.165) is 18.4 Å². The van der Waals surface area contributed by atoms with E-state index in [-0.39, 0.29) is 28.7 Å². The lowest BCUT2D eigenvalue weighted by Crippen LogP contribution is -2.60. The fraction of sp³-hybridized carbons (Fsp3) is 0.630. The second kappa shape index (κ2) is 7.50. The largest absolute Gasteiger partial charge is 0.353 e. The summed E-state index contributed by atoms with van der Waals surface area (Å²) in [7, 11) is 1.98. The number of amides is 2. The molecule has 4 aliphatic rings. The van der Waals surface area contributed by atoms with Crippen LogP contribution in [0.3, 0.4) is 0 Å². The van der Waals surface area contributed by atoms with E-state index in [1.165, 1.54) is 25.7 Å². The highest BCUT2D eigenvalue weighted by Crippen LogP contribution is 2.63. The Kier molecular flexibility index (Phi) is 5.02. The first-order valence-electron chi connectivity index (χ1n) is 12.1. The number of benzene rings is 1. The summed E-state index contributed by atoms with van der Waals surface area (Å²) in [5.74, 6) is 2.31. The molecule has 0 radical (unpaired) electrons. The van der Waals surface area contributed by atoms with Crippen molar-refractivity contribution in [1.82, 2.24) is 10.2 Å². The highest BCUT2D eigenvalue weighted by Gasteiger charge is 2.60. The van der Waals surface area contributed by atoms with Crippen LogP contribution in [0, 0.1) is 28.6 Å². The van der Waals surface area contributed by atoms with Crippen molar-refractivity contribution in [3.63, 3.8) is 0 Å². The molecule has 4 nitrogen and oxygen atoms in total. The van der Waals surface area contributed by atoms with Crippen LogP contribution in [0.2, 0.25) is 0 Å². The Hall–Kier alpha value is -2.10. The zero-order valence-electron chi connectivity index (χ0n) is 19.1. The quantitative estimate of drug-likeness (QED) is 0.790. The van der Waals surface area contributed by atoms with Gasteiger partial charge in [0.2, 0.25) is 11.8 Å². The van der Waals surface area contributed by atoms with Crippen LogP contribution >= 0.6 is 0 Å². The van der Waals surface area contributed by atoms with Crippen molar-refractivity contribution in [2.24, 2.45) is 28.6 Å². The molecule has 3 aliphatic carbocycles. The summed E-state index contributed by atoms with van der Waals surface area (Å²) in [5, 5.41) is 3.44. The molecule has 2 unspecified atom stereocenters. The Morgan fingerprint density at radius 1 is 1.06 bits per heavy atom. The van der Waals surface area contributed by atoms with Crippen LogP contribution in [0.25, 0.3) is 0 Å². The second-order valence-corrected chi connectivity index (χ2v) is 11.0. The van der Waals surface area contributed by atoms with Gasteiger partial charge in [0.15, 0.2) is 0 Å². The summed E-state index contributed by atoms with van der Waals surface area (Å²) in [6.45, 7) is 4.83. The number of carbonyl (C=O) groups excluding carboxylic acids is 2. The van der Waals surface area contributed by atoms with Gasteiger partial charge in [-0.25, -0.2) is 0 Å². The molecule has 0 saturated heterocycles. The van der Waals surface area contributed by atoms with Gasteiger partial charge in [0, 0.05) is 24.5 Å². The lowest BCUT2D eigenvalue weighted by Gasteiger charge is -2.60. The molecular formula is C27H36N2O2. The number of rotatable bonds is 3. The number of likely N-dealkylation sites (N-methyl/N-ethyl adjacent to an activating group) is 1. The topological polar surface area (TPSA) is 49.4 Å². The van der Waals surface area contributed by atoms with Crippen molar-refractivity contribution in [1.29, 1.82) is 0 Å². The van der Waals surface area contributed by atoms with Gasteiger partial charge >= 0.3 is 0 Å². The zero-order valence-corrected chi connectivity index (χ0v) is 19.1. The fourth-order valence-corrected chi connectivity index (χ4v) is 8.00. The minimum atomic E-state index is 0.0849. The lowest BCUT2D eigenvalue weighted by molar-refractivity contribution is -0.138. The van der Waals surface area contributed by atoms with Crippen LogP contribution in [0.4, 0.5) is 0 Å². The Labute approximate surface area is 186 Å². The molecule has 5 rings (SSSR count). The molecule has 4 heteroatoms. The molecule has 1 aliphatic heterocycles. The monoisotopic (exact) mass is 420 g/mol. The minimum Gasteiger partial charge on any atom is -0.353 e. The molecule has 3 saturated carbocycles. The van der Waals surface area contributed by atoms with Crippen LogP contribution in [0.15, 0.2) is 42.5 Å². The van der Waals surface area contributed by atoms with Crippen molar-refractivity contribution in [3.8, 4) is 0 Å². The predicted octanol–water partition coefficient (Wildman–Crippen LogP) is 4.35. The second-order valence-electron chi connectivity index (χ2n) is 11.0. The maximum atomic E-state index is 12.8. The summed E-state index contributed by atoms with van der Waals surface area (Å²) < 4.78 is 0. The summed E-state index contributed by atoms with van der Waals surface area (Å²) in [5.41, 5.74) is 1.36. The molecule has 1 aromatic rings. The minimum absolute atomic E-state index is 0.0849. The Balaban J connectivity index is 1.32. The standard InChI is InChI=1S/C27H36N2O2/c1-26-15-13-21-19(9-12-23-27(21,2)16-14-25(31)29(23)3)20(26)10-11-22(26)28-24(30)17-18-7-5-4-6-8-18/h4-8,14,16,19-23H,9-13,15,17H2,1-3H3,(H,28,30)/t19-,20-,21+,22?,23?,26-,27+/m0/s1. The van der Waals surface area contributed by atoms with E-state index in [9.17, 15) is 9.59 Å². The molecule has 0 spiro atoms. The number of carbonyl (C=O) groups is 2. The molecule has 31 heavy (non-hydrogen) atoms. The third kappa shape index (κ3) is 3.25. The Morgan fingerprint density at radius 2 is 1.84 bits per heavy atom. The summed E-state index contributed by atoms with van der Waals surface area (Å²) >= 11 is 0. The number of hydrogen-bond acceptors (Lipinski definition) is 2. The van der Waals surface area contributed by atoms with E-state index in [4.69, 9.17) is 0 Å². The fourth-order valence-electron chi connectivity index (χ4n) is 8.00. The third-order valence-electron chi connectivity index (χ3n) is 9.67. The van der Waals surface area contributed by atoms with E-state index in [1.54, 1.807) is 0 Å². The molecule has 0 aromatic heterocycles. The third-order valence-corrected chi connectivity index (χ3v) is 9.67. The molecular weight excluding hydrogens is 384 g/mol. The van der Waals surface area contributed by atoms with Gasteiger partial charge in [-0.15, -0.1) is 0 Å². The SMILES string of the molecule is CN1C(=O)C=C[C@@]2(C)C1CC[C@@H]1[C@H]2CC[C@]2(C)C(NC(=O)Cc3ccccc3)CC[C@@H]12. The molecule has 1 aromatic carbocycles. The van der Waals surface area contributed by atoms with E-state index >= 15 is 0 Å². The number of nitrogens with one attached hydrogen (secondary N) is 1. The zero-order chi connectivity index (χ0) is 21.8. The van der Waals surface area contributed by atoms with Gasteiger partial charge in [-0.3, -0.25) is 9.59 Å². The number of hydrogen-bond donors (Lipinski definition) is 1. The smallest absolute Gasteiger partial charge is 0.246 e. The molecule has 1 heterocycles. The first-order chi connectivity index (χ1) is 14.8. The van der Waals surface area contributed by atoms with Gasteiger partial charge in [0.05, 0.1) is 6.42 Å². The van der Waals surface area contributed by atoms with E-state index < -0.39 is 0 Å². The lowest BCUT2D eigenvalue weighted by atomic mass is 9.48. The van der Waals surface area contributed by atoms with E-state index in [0.29, 0.717) is 30.2 Å². The molecule has 2 amide bonds. The highest BCUT2D eigenvalue weighted by atomic mass is 16.2. The first-order valence-corrected chi connectivity index (χ1v) is 12.1. The van der Waals surface area contributed by atoms with Crippen molar-refractivity contribution in [3.05, 3.63) is 48.0 Å². The normalized spacial score (nSPS) is 41.3. The first kappa shape index (κ1) is 20.8. The summed E-state index contributed by atoms with van der Waals surface area (Å²) in [4.78, 5) is 27.1. The van der Waals surface area contributed by atoms with Crippen LogP contribution in [-0.2, 0) is 16.0 Å². The van der Waals surface area contributed by atoms with Gasteiger partial charge in [0.25, 0.3) is 0 Å².